The quantitative estimate of drug-likeness (QED) is 0.649. The van der Waals surface area contributed by atoms with Crippen LogP contribution in [0.5, 0.6) is 0 Å². The van der Waals surface area contributed by atoms with E-state index in [4.69, 9.17) is 5.11 Å². The molecule has 0 unspecified atom stereocenters. The predicted molar refractivity (Wildman–Crippen MR) is 39.3 cm³/mol. The van der Waals surface area contributed by atoms with Crippen LogP contribution in [0.1, 0.15) is 12.1 Å². The van der Waals surface area contributed by atoms with E-state index >= 15 is 0 Å². The standard InChI is InChI=1S/C7H10N2O/c10-6-2-1-3-7-4-5-8-9-7/h1,3-5,10H,2,6H2,(H,8,9). The predicted octanol–water partition coefficient (Wildman–Crippen LogP) is 0.805. The average Bonchev–Trinajstić information content (AvgIpc) is 2.41. The van der Waals surface area contributed by atoms with Crippen molar-refractivity contribution >= 4 is 6.08 Å². The van der Waals surface area contributed by atoms with Gasteiger partial charge in [0.1, 0.15) is 0 Å². The Hall–Kier alpha value is -1.09. The van der Waals surface area contributed by atoms with Gasteiger partial charge >= 0.3 is 0 Å². The number of hydrogen-bond donors (Lipinski definition) is 2. The first-order chi connectivity index (χ1) is 4.93. The van der Waals surface area contributed by atoms with E-state index in [0.717, 1.165) is 5.69 Å². The molecule has 0 aromatic carbocycles. The molecule has 1 heterocycles. The van der Waals surface area contributed by atoms with Crippen molar-refractivity contribution in [2.24, 2.45) is 0 Å². The van der Waals surface area contributed by atoms with Crippen LogP contribution in [0.4, 0.5) is 0 Å². The highest BCUT2D eigenvalue weighted by atomic mass is 16.2. The molecule has 54 valence electrons. The van der Waals surface area contributed by atoms with Crippen LogP contribution < -0.4 is 0 Å². The molecule has 1 aromatic heterocycles. The lowest BCUT2D eigenvalue weighted by Crippen LogP contribution is -1.76. The topological polar surface area (TPSA) is 48.9 Å². The highest BCUT2D eigenvalue weighted by molar-refractivity contribution is 5.42. The summed E-state index contributed by atoms with van der Waals surface area (Å²) in [5.41, 5.74) is 0.966. The van der Waals surface area contributed by atoms with Gasteiger partial charge in [-0.3, -0.25) is 5.10 Å². The number of aromatic amines is 1. The highest BCUT2D eigenvalue weighted by Crippen LogP contribution is 1.95. The molecule has 0 saturated carbocycles. The van der Waals surface area contributed by atoms with Gasteiger partial charge in [-0.15, -0.1) is 0 Å². The zero-order chi connectivity index (χ0) is 7.23. The molecule has 0 aliphatic carbocycles. The van der Waals surface area contributed by atoms with Crippen LogP contribution in [0.3, 0.4) is 0 Å². The van der Waals surface area contributed by atoms with Crippen molar-refractivity contribution in [3.8, 4) is 0 Å². The highest BCUT2D eigenvalue weighted by Gasteiger charge is 1.82. The fourth-order valence-electron chi connectivity index (χ4n) is 0.644. The molecule has 1 aromatic rings. The summed E-state index contributed by atoms with van der Waals surface area (Å²) in [5, 5.41) is 15.0. The van der Waals surface area contributed by atoms with E-state index in [0.29, 0.717) is 6.42 Å². The summed E-state index contributed by atoms with van der Waals surface area (Å²) in [4.78, 5) is 0. The number of H-pyrrole nitrogens is 1. The van der Waals surface area contributed by atoms with Crippen LogP contribution in [0.2, 0.25) is 0 Å². The minimum absolute atomic E-state index is 0.199. The second-order valence-corrected chi connectivity index (χ2v) is 1.93. The number of aromatic nitrogens is 2. The third-order valence-corrected chi connectivity index (χ3v) is 1.12. The number of aliphatic hydroxyl groups is 1. The van der Waals surface area contributed by atoms with Gasteiger partial charge in [-0.1, -0.05) is 6.08 Å². The number of aliphatic hydroxyl groups excluding tert-OH is 1. The van der Waals surface area contributed by atoms with Crippen LogP contribution in [-0.2, 0) is 0 Å². The van der Waals surface area contributed by atoms with E-state index in [-0.39, 0.29) is 6.61 Å². The van der Waals surface area contributed by atoms with Crippen molar-refractivity contribution in [3.63, 3.8) is 0 Å². The lowest BCUT2D eigenvalue weighted by atomic mass is 10.3. The fourth-order valence-corrected chi connectivity index (χ4v) is 0.644. The second-order valence-electron chi connectivity index (χ2n) is 1.93. The largest absolute Gasteiger partial charge is 0.396 e. The van der Waals surface area contributed by atoms with Gasteiger partial charge in [0.15, 0.2) is 0 Å². The molecule has 2 N–H and O–H groups in total. The van der Waals surface area contributed by atoms with Crippen molar-refractivity contribution in [3.05, 3.63) is 24.0 Å². The van der Waals surface area contributed by atoms with Gasteiger partial charge in [-0.05, 0) is 18.6 Å². The van der Waals surface area contributed by atoms with Gasteiger partial charge in [0.25, 0.3) is 0 Å². The van der Waals surface area contributed by atoms with Crippen molar-refractivity contribution in [1.29, 1.82) is 0 Å². The average molecular weight is 138 g/mol. The molecule has 0 atom stereocenters. The van der Waals surface area contributed by atoms with Crippen molar-refractivity contribution in [2.45, 2.75) is 6.42 Å². The third-order valence-electron chi connectivity index (χ3n) is 1.12. The second kappa shape index (κ2) is 3.85. The first-order valence-corrected chi connectivity index (χ1v) is 3.20. The summed E-state index contributed by atoms with van der Waals surface area (Å²) < 4.78 is 0. The molecule has 10 heavy (non-hydrogen) atoms. The van der Waals surface area contributed by atoms with Gasteiger partial charge in [0, 0.05) is 12.8 Å². The van der Waals surface area contributed by atoms with Crippen LogP contribution in [0.25, 0.3) is 6.08 Å². The molecule has 3 nitrogen and oxygen atoms in total. The van der Waals surface area contributed by atoms with E-state index in [1.54, 1.807) is 6.20 Å². The van der Waals surface area contributed by atoms with E-state index < -0.39 is 0 Å². The Bertz CT molecular complexity index is 191. The molecule has 0 aliphatic rings. The zero-order valence-corrected chi connectivity index (χ0v) is 5.62. The van der Waals surface area contributed by atoms with Crippen LogP contribution in [0, 0.1) is 0 Å². The Balaban J connectivity index is 2.40. The van der Waals surface area contributed by atoms with Gasteiger partial charge < -0.3 is 5.11 Å². The molecular formula is C7H10N2O. The molecule has 0 spiro atoms. The van der Waals surface area contributed by atoms with E-state index in [1.807, 2.05) is 18.2 Å². The smallest absolute Gasteiger partial charge is 0.0574 e. The number of nitrogens with zero attached hydrogens (tertiary/aromatic N) is 1. The first kappa shape index (κ1) is 7.02. The minimum Gasteiger partial charge on any atom is -0.396 e. The Kier molecular flexibility index (Phi) is 2.70. The summed E-state index contributed by atoms with van der Waals surface area (Å²) in [5.74, 6) is 0. The SMILES string of the molecule is OCCC=Cc1ccn[nH]1. The van der Waals surface area contributed by atoms with Gasteiger partial charge in [-0.25, -0.2) is 0 Å². The molecule has 0 bridgehead atoms. The summed E-state index contributed by atoms with van der Waals surface area (Å²) in [6.45, 7) is 0.199. The summed E-state index contributed by atoms with van der Waals surface area (Å²) in [6, 6.07) is 1.87. The van der Waals surface area contributed by atoms with E-state index in [9.17, 15) is 0 Å². The Morgan fingerprint density at radius 3 is 3.20 bits per heavy atom. The molecule has 0 fully saturated rings. The normalized spacial score (nSPS) is 10.9. The summed E-state index contributed by atoms with van der Waals surface area (Å²) in [7, 11) is 0. The summed E-state index contributed by atoms with van der Waals surface area (Å²) >= 11 is 0. The molecule has 0 aliphatic heterocycles. The maximum atomic E-state index is 8.42. The fraction of sp³-hybridized carbons (Fsp3) is 0.286. The van der Waals surface area contributed by atoms with Crippen LogP contribution in [-0.4, -0.2) is 21.9 Å². The van der Waals surface area contributed by atoms with Crippen molar-refractivity contribution in [1.82, 2.24) is 10.2 Å². The Labute approximate surface area is 59.4 Å². The number of nitrogens with one attached hydrogen (secondary N) is 1. The Morgan fingerprint density at radius 1 is 1.70 bits per heavy atom. The molecule has 0 saturated heterocycles. The lowest BCUT2D eigenvalue weighted by molar-refractivity contribution is 0.303. The van der Waals surface area contributed by atoms with Crippen molar-refractivity contribution in [2.75, 3.05) is 6.61 Å². The van der Waals surface area contributed by atoms with Crippen LogP contribution in [0.15, 0.2) is 18.3 Å². The molecular weight excluding hydrogens is 128 g/mol. The minimum atomic E-state index is 0.199. The van der Waals surface area contributed by atoms with E-state index in [2.05, 4.69) is 10.2 Å². The summed E-state index contributed by atoms with van der Waals surface area (Å²) in [6.07, 6.45) is 6.17. The number of hydrogen-bond acceptors (Lipinski definition) is 2. The maximum Gasteiger partial charge on any atom is 0.0574 e. The molecule has 0 radical (unpaired) electrons. The third kappa shape index (κ3) is 2.03. The molecule has 1 rings (SSSR count). The Morgan fingerprint density at radius 2 is 2.60 bits per heavy atom. The number of rotatable bonds is 3. The van der Waals surface area contributed by atoms with Crippen LogP contribution >= 0.6 is 0 Å². The van der Waals surface area contributed by atoms with Gasteiger partial charge in [-0.2, -0.15) is 5.10 Å². The van der Waals surface area contributed by atoms with E-state index in [1.165, 1.54) is 0 Å². The maximum absolute atomic E-state index is 8.42. The van der Waals surface area contributed by atoms with Gasteiger partial charge in [0.2, 0.25) is 0 Å². The lowest BCUT2D eigenvalue weighted by Gasteiger charge is -1.83. The zero-order valence-electron chi connectivity index (χ0n) is 5.62. The first-order valence-electron chi connectivity index (χ1n) is 3.20. The van der Waals surface area contributed by atoms with Gasteiger partial charge in [0.05, 0.1) is 5.69 Å². The monoisotopic (exact) mass is 138 g/mol. The van der Waals surface area contributed by atoms with Crippen molar-refractivity contribution < 1.29 is 5.11 Å². The molecule has 3 heteroatoms. The molecule has 0 amide bonds.